The van der Waals surface area contributed by atoms with Gasteiger partial charge in [-0.15, -0.1) is 11.8 Å². The lowest BCUT2D eigenvalue weighted by Crippen LogP contribution is -2.28. The highest BCUT2D eigenvalue weighted by Crippen LogP contribution is 2.21. The van der Waals surface area contributed by atoms with Gasteiger partial charge in [-0.2, -0.15) is 25.3 Å². The molecule has 180 valence electrons. The molecule has 0 spiro atoms. The number of hydrogen-bond donors (Lipinski definition) is 5. The Hall–Kier alpha value is -0.510. The predicted molar refractivity (Wildman–Crippen MR) is 149 cm³/mol. The molecule has 0 aliphatic heterocycles. The van der Waals surface area contributed by atoms with Crippen molar-refractivity contribution in [2.75, 3.05) is 11.5 Å². The van der Waals surface area contributed by atoms with Gasteiger partial charge in [0.25, 0.3) is 0 Å². The molecule has 0 aliphatic carbocycles. The summed E-state index contributed by atoms with van der Waals surface area (Å²) in [5, 5.41) is 19.3. The van der Waals surface area contributed by atoms with Gasteiger partial charge in [-0.25, -0.2) is 4.98 Å². The zero-order valence-corrected chi connectivity index (χ0v) is 23.2. The summed E-state index contributed by atoms with van der Waals surface area (Å²) >= 11 is 14.1. The largest absolute Gasteiger partial charge is 0.390 e. The Bertz CT molecular complexity index is 605. The lowest BCUT2D eigenvalue weighted by molar-refractivity contribution is 0.0504. The number of thiol groups is 2. The summed E-state index contributed by atoms with van der Waals surface area (Å²) in [5.41, 5.74) is 0. The van der Waals surface area contributed by atoms with Crippen molar-refractivity contribution >= 4 is 49.2 Å². The smallest absolute Gasteiger partial charge is 0.103 e. The van der Waals surface area contributed by atoms with Gasteiger partial charge in [-0.3, -0.25) is 0 Å². The Kier molecular flexibility index (Phi) is 31.2. The molecule has 0 saturated carbocycles. The highest BCUT2D eigenvalue weighted by atomic mass is 32.2. The van der Waals surface area contributed by atoms with Gasteiger partial charge in [0, 0.05) is 29.1 Å². The van der Waals surface area contributed by atoms with Gasteiger partial charge < -0.3 is 15.2 Å². The van der Waals surface area contributed by atoms with Gasteiger partial charge in [-0.1, -0.05) is 72.3 Å². The first-order valence-electron chi connectivity index (χ1n) is 10.6. The van der Waals surface area contributed by atoms with E-state index in [4.69, 9.17) is 22.4 Å². The second-order valence-corrected chi connectivity index (χ2v) is 8.57. The topological polar surface area (TPSA) is 69.1 Å². The van der Waals surface area contributed by atoms with Gasteiger partial charge >= 0.3 is 0 Å². The van der Waals surface area contributed by atoms with E-state index in [-0.39, 0.29) is 11.5 Å². The first-order chi connectivity index (χ1) is 14.9. The first-order valence-corrected chi connectivity index (χ1v) is 13.2. The molecule has 31 heavy (non-hydrogen) atoms. The number of aliphatic hydroxyl groups is 2. The third kappa shape index (κ3) is 25.6. The van der Waals surface area contributed by atoms with Crippen molar-refractivity contribution in [2.24, 2.45) is 0 Å². The average molecular weight is 507 g/mol. The lowest BCUT2D eigenvalue weighted by Gasteiger charge is -2.11. The molecule has 3 unspecified atom stereocenters. The van der Waals surface area contributed by atoms with Gasteiger partial charge in [0.15, 0.2) is 0 Å². The van der Waals surface area contributed by atoms with E-state index in [1.165, 1.54) is 12.8 Å². The van der Waals surface area contributed by atoms with Crippen molar-refractivity contribution in [2.45, 2.75) is 76.9 Å². The third-order valence-corrected chi connectivity index (χ3v) is 5.25. The van der Waals surface area contributed by atoms with Crippen molar-refractivity contribution in [3.05, 3.63) is 53.4 Å². The van der Waals surface area contributed by atoms with E-state index in [1.54, 1.807) is 0 Å². The number of nitrogens with zero attached hydrogens (tertiary/aromatic N) is 1. The lowest BCUT2D eigenvalue weighted by atomic mass is 10.3. The Morgan fingerprint density at radius 1 is 1.00 bits per heavy atom. The van der Waals surface area contributed by atoms with Gasteiger partial charge in [0.2, 0.25) is 0 Å². The number of pyridine rings is 2. The number of rotatable bonds is 6. The number of nitrogens with one attached hydrogen (secondary N) is 1. The molecule has 3 N–H and O–H groups in total. The summed E-state index contributed by atoms with van der Waals surface area (Å²) in [4.78, 5) is 7.08. The summed E-state index contributed by atoms with van der Waals surface area (Å²) < 4.78 is 0.780. The highest BCUT2D eigenvalue weighted by molar-refractivity contribution is 7.99. The van der Waals surface area contributed by atoms with Crippen molar-refractivity contribution in [3.8, 4) is 0 Å². The van der Waals surface area contributed by atoms with Crippen LogP contribution >= 0.6 is 49.2 Å². The van der Waals surface area contributed by atoms with E-state index in [1.807, 2.05) is 68.3 Å². The molecule has 2 aromatic heterocycles. The van der Waals surface area contributed by atoms with Crippen LogP contribution in [0, 0.1) is 4.64 Å². The number of H-pyrrole nitrogens is 1. The molecular weight excluding hydrogens is 465 g/mol. The molecule has 0 bridgehead atoms. The number of aliphatic hydroxyl groups excluding tert-OH is 2. The van der Waals surface area contributed by atoms with Crippen LogP contribution in [0.5, 0.6) is 0 Å². The molecule has 2 heterocycles. The second kappa shape index (κ2) is 27.5. The van der Waals surface area contributed by atoms with Crippen LogP contribution in [0.4, 0.5) is 0 Å². The zero-order valence-electron chi connectivity index (χ0n) is 19.7. The standard InChI is InChI=1S/C9H13NS.C5H5NS.C4H10O2S2.C3H8.C2H6/c1-3-8(2)11-9-6-4-5-7-10-9;7-5-3-1-2-4-6-5;5-3(1-7)4(6)2-8;1-3-2;1-2/h4-8H,3H2,1-2H3;1-4H,(H,6,7);3-8H,1-2H2;3H2,1-2H3;1-2H3. The van der Waals surface area contributed by atoms with E-state index >= 15 is 0 Å². The molecular formula is C23H42N2O2S4. The molecule has 8 heteroatoms. The number of aromatic nitrogens is 2. The molecule has 0 aliphatic rings. The Morgan fingerprint density at radius 2 is 1.52 bits per heavy atom. The van der Waals surface area contributed by atoms with Crippen LogP contribution in [0.2, 0.25) is 0 Å². The summed E-state index contributed by atoms with van der Waals surface area (Å²) in [6, 6.07) is 11.7. The molecule has 3 atom stereocenters. The van der Waals surface area contributed by atoms with Crippen LogP contribution in [0.25, 0.3) is 0 Å². The summed E-state index contributed by atoms with van der Waals surface area (Å²) in [6.45, 7) is 12.7. The molecule has 0 saturated heterocycles. The first kappa shape index (κ1) is 35.1. The summed E-state index contributed by atoms with van der Waals surface area (Å²) in [5.74, 6) is 0.559. The fourth-order valence-electron chi connectivity index (χ4n) is 1.33. The average Bonchev–Trinajstić information content (AvgIpc) is 2.81. The third-order valence-electron chi connectivity index (χ3n) is 3.03. The molecule has 2 rings (SSSR count). The van der Waals surface area contributed by atoms with E-state index in [0.29, 0.717) is 5.25 Å². The van der Waals surface area contributed by atoms with Crippen molar-refractivity contribution in [1.82, 2.24) is 9.97 Å². The molecule has 0 radical (unpaired) electrons. The predicted octanol–water partition coefficient (Wildman–Crippen LogP) is 6.73. The second-order valence-electron chi connectivity index (χ2n) is 5.94. The maximum Gasteiger partial charge on any atom is 0.103 e. The Morgan fingerprint density at radius 3 is 1.81 bits per heavy atom. The van der Waals surface area contributed by atoms with Crippen LogP contribution in [0.15, 0.2) is 53.8 Å². The van der Waals surface area contributed by atoms with E-state index in [9.17, 15) is 0 Å². The SMILES string of the molecule is CC.CCC.CCC(C)Sc1ccccn1.OC(CS)C(O)CS.S=c1cccc[nH]1. The number of aromatic amines is 1. The van der Waals surface area contributed by atoms with E-state index in [0.717, 1.165) is 9.67 Å². The monoisotopic (exact) mass is 506 g/mol. The minimum atomic E-state index is -0.740. The van der Waals surface area contributed by atoms with Crippen LogP contribution in [-0.2, 0) is 0 Å². The number of thioether (sulfide) groups is 1. The Labute approximate surface area is 210 Å². The number of hydrogen-bond acceptors (Lipinski definition) is 7. The normalized spacial score (nSPS) is 11.9. The maximum atomic E-state index is 8.75. The van der Waals surface area contributed by atoms with Crippen LogP contribution in [0.1, 0.15) is 54.4 Å². The fourth-order valence-corrected chi connectivity index (χ4v) is 2.82. The summed E-state index contributed by atoms with van der Waals surface area (Å²) in [6.07, 6.45) is 4.61. The van der Waals surface area contributed by atoms with Crippen LogP contribution in [0.3, 0.4) is 0 Å². The van der Waals surface area contributed by atoms with E-state index < -0.39 is 12.2 Å². The molecule has 0 amide bonds. The molecule has 0 fully saturated rings. The van der Waals surface area contributed by atoms with Crippen LogP contribution in [-0.4, -0.2) is 49.1 Å². The molecule has 0 aromatic carbocycles. The fraction of sp³-hybridized carbons (Fsp3) is 0.565. The van der Waals surface area contributed by atoms with E-state index in [2.05, 4.69) is 69.0 Å². The Balaban J connectivity index is -0.000000351. The zero-order chi connectivity index (χ0) is 24.5. The van der Waals surface area contributed by atoms with Crippen LogP contribution < -0.4 is 0 Å². The van der Waals surface area contributed by atoms with Gasteiger partial charge in [0.1, 0.15) is 4.64 Å². The van der Waals surface area contributed by atoms with Gasteiger partial charge in [0.05, 0.1) is 17.2 Å². The maximum absolute atomic E-state index is 8.75. The highest BCUT2D eigenvalue weighted by Gasteiger charge is 2.10. The molecule has 2 aromatic rings. The quantitative estimate of drug-likeness (QED) is 0.171. The van der Waals surface area contributed by atoms with Crippen molar-refractivity contribution in [1.29, 1.82) is 0 Å². The minimum absolute atomic E-state index is 0.279. The summed E-state index contributed by atoms with van der Waals surface area (Å²) in [7, 11) is 0. The van der Waals surface area contributed by atoms with Crippen molar-refractivity contribution < 1.29 is 10.2 Å². The van der Waals surface area contributed by atoms with Crippen molar-refractivity contribution in [3.63, 3.8) is 0 Å². The molecule has 4 nitrogen and oxygen atoms in total. The van der Waals surface area contributed by atoms with Gasteiger partial charge in [-0.05, 0) is 30.7 Å². The minimum Gasteiger partial charge on any atom is -0.390 e.